The maximum Gasteiger partial charge on any atom is 0.103 e. The first-order chi connectivity index (χ1) is 5.40. The molecule has 2 rings (SSSR count). The van der Waals surface area contributed by atoms with Crippen molar-refractivity contribution in [3.63, 3.8) is 0 Å². The summed E-state index contributed by atoms with van der Waals surface area (Å²) in [5.41, 5.74) is 2.49. The van der Waals surface area contributed by atoms with E-state index in [1.165, 1.54) is 0 Å². The molecule has 3 nitrogen and oxygen atoms in total. The van der Waals surface area contributed by atoms with Crippen molar-refractivity contribution in [3.8, 4) is 0 Å². The van der Waals surface area contributed by atoms with Crippen molar-refractivity contribution in [2.45, 2.75) is 0 Å². The summed E-state index contributed by atoms with van der Waals surface area (Å²) in [6, 6.07) is 0. The van der Waals surface area contributed by atoms with Gasteiger partial charge in [-0.1, -0.05) is 5.16 Å². The third kappa shape index (κ3) is 0.902. The van der Waals surface area contributed by atoms with Crippen molar-refractivity contribution in [1.82, 2.24) is 0 Å². The second-order valence-corrected chi connectivity index (χ2v) is 2.29. The maximum atomic E-state index is 8.44. The minimum atomic E-state index is 0.561. The summed E-state index contributed by atoms with van der Waals surface area (Å²) in [4.78, 5) is 4.07. The molecule has 0 bridgehead atoms. The Hall–Kier alpha value is -1.64. The van der Waals surface area contributed by atoms with Crippen LogP contribution in [-0.2, 0) is 0 Å². The molecule has 1 heterocycles. The van der Waals surface area contributed by atoms with Crippen LogP contribution in [-0.4, -0.2) is 16.6 Å². The van der Waals surface area contributed by atoms with Crippen LogP contribution in [0.2, 0.25) is 0 Å². The lowest BCUT2D eigenvalue weighted by Crippen LogP contribution is -2.03. The third-order valence-corrected chi connectivity index (χ3v) is 1.59. The average Bonchev–Trinajstić information content (AvgIpc) is 2.50. The molecule has 11 heavy (non-hydrogen) atoms. The number of fused-ring (bicyclic) bond motifs is 1. The number of rotatable bonds is 0. The summed E-state index contributed by atoms with van der Waals surface area (Å²) < 4.78 is 0. The van der Waals surface area contributed by atoms with Gasteiger partial charge >= 0.3 is 0 Å². The van der Waals surface area contributed by atoms with Crippen LogP contribution in [0.1, 0.15) is 0 Å². The Bertz CT molecular complexity index is 332. The zero-order valence-electron chi connectivity index (χ0n) is 5.73. The maximum absolute atomic E-state index is 8.44. The largest absolute Gasteiger partial charge is 0.410 e. The van der Waals surface area contributed by atoms with Crippen LogP contribution in [0.3, 0.4) is 0 Å². The topological polar surface area (TPSA) is 45.0 Å². The molecular weight excluding hydrogens is 140 g/mol. The Kier molecular flexibility index (Phi) is 1.22. The van der Waals surface area contributed by atoms with Gasteiger partial charge < -0.3 is 5.21 Å². The number of nitrogens with zero attached hydrogens (tertiary/aromatic N) is 2. The molecule has 2 aliphatic rings. The second kappa shape index (κ2) is 2.20. The van der Waals surface area contributed by atoms with Crippen molar-refractivity contribution in [1.29, 1.82) is 0 Å². The zero-order valence-corrected chi connectivity index (χ0v) is 5.73. The number of hydrogen-bond acceptors (Lipinski definition) is 3. The summed E-state index contributed by atoms with van der Waals surface area (Å²) in [7, 11) is 0. The van der Waals surface area contributed by atoms with Crippen LogP contribution in [0, 0.1) is 0 Å². The van der Waals surface area contributed by atoms with Gasteiger partial charge in [0, 0.05) is 11.8 Å². The van der Waals surface area contributed by atoms with Crippen LogP contribution in [0.4, 0.5) is 0 Å². The highest BCUT2D eigenvalue weighted by Gasteiger charge is 2.10. The van der Waals surface area contributed by atoms with E-state index in [1.807, 2.05) is 12.2 Å². The van der Waals surface area contributed by atoms with Crippen molar-refractivity contribution in [2.24, 2.45) is 10.1 Å². The van der Waals surface area contributed by atoms with E-state index in [-0.39, 0.29) is 0 Å². The smallest absolute Gasteiger partial charge is 0.103 e. The highest BCUT2D eigenvalue weighted by atomic mass is 16.4. The Morgan fingerprint density at radius 1 is 1.27 bits per heavy atom. The van der Waals surface area contributed by atoms with Gasteiger partial charge in [0.15, 0.2) is 0 Å². The fraction of sp³-hybridized carbons (Fsp3) is 0. The molecular formula is C8H6N2O. The van der Waals surface area contributed by atoms with Gasteiger partial charge in [0.1, 0.15) is 5.71 Å². The molecule has 0 unspecified atom stereocenters. The summed E-state index contributed by atoms with van der Waals surface area (Å²) >= 11 is 0. The molecule has 0 spiro atoms. The molecule has 0 aromatic carbocycles. The number of oxime groups is 1. The molecule has 0 atom stereocenters. The van der Waals surface area contributed by atoms with E-state index in [0.717, 1.165) is 11.3 Å². The quantitative estimate of drug-likeness (QED) is 0.312. The number of hydrogen-bond donors (Lipinski definition) is 1. The van der Waals surface area contributed by atoms with Gasteiger partial charge in [0.25, 0.3) is 0 Å². The van der Waals surface area contributed by atoms with Gasteiger partial charge in [-0.15, -0.1) is 0 Å². The Labute approximate surface area is 63.8 Å². The zero-order chi connectivity index (χ0) is 7.68. The van der Waals surface area contributed by atoms with Crippen LogP contribution in [0.15, 0.2) is 46.2 Å². The monoisotopic (exact) mass is 146 g/mol. The molecule has 0 aromatic heterocycles. The highest BCUT2D eigenvalue weighted by molar-refractivity contribution is 6.23. The molecule has 54 valence electrons. The van der Waals surface area contributed by atoms with Crippen LogP contribution in [0.5, 0.6) is 0 Å². The molecule has 1 aliphatic carbocycles. The molecule has 3 heteroatoms. The first kappa shape index (κ1) is 6.09. The fourth-order valence-electron chi connectivity index (χ4n) is 1.05. The Balaban J connectivity index is 2.45. The van der Waals surface area contributed by atoms with Crippen LogP contribution < -0.4 is 0 Å². The molecule has 1 aliphatic heterocycles. The van der Waals surface area contributed by atoms with E-state index >= 15 is 0 Å². The van der Waals surface area contributed by atoms with E-state index in [9.17, 15) is 0 Å². The van der Waals surface area contributed by atoms with Gasteiger partial charge in [-0.2, -0.15) is 0 Å². The molecule has 0 saturated carbocycles. The average molecular weight is 146 g/mol. The van der Waals surface area contributed by atoms with Gasteiger partial charge in [-0.25, -0.2) is 0 Å². The summed E-state index contributed by atoms with van der Waals surface area (Å²) in [6.07, 6.45) is 8.93. The molecule has 0 amide bonds. The second-order valence-electron chi connectivity index (χ2n) is 2.29. The number of allylic oxidation sites excluding steroid dienone is 5. The van der Waals surface area contributed by atoms with Crippen molar-refractivity contribution in [3.05, 3.63) is 36.1 Å². The van der Waals surface area contributed by atoms with E-state index < -0.39 is 0 Å². The molecule has 1 N–H and O–H groups in total. The summed E-state index contributed by atoms with van der Waals surface area (Å²) in [5, 5.41) is 11.5. The summed E-state index contributed by atoms with van der Waals surface area (Å²) in [5.74, 6) is 0. The van der Waals surface area contributed by atoms with Crippen molar-refractivity contribution < 1.29 is 5.21 Å². The normalized spacial score (nSPS) is 23.5. The predicted molar refractivity (Wildman–Crippen MR) is 43.0 cm³/mol. The van der Waals surface area contributed by atoms with E-state index in [0.29, 0.717) is 5.71 Å². The SMILES string of the molecule is ON=C1C=CC2=NC=CC2=C1. The Morgan fingerprint density at radius 2 is 2.18 bits per heavy atom. The molecule has 0 aromatic rings. The molecule has 0 saturated heterocycles. The highest BCUT2D eigenvalue weighted by Crippen LogP contribution is 2.14. The number of aliphatic imine (C=N–C) groups is 1. The van der Waals surface area contributed by atoms with Gasteiger partial charge in [0.2, 0.25) is 0 Å². The standard InChI is InChI=1S/C8H6N2O/c11-10-7-1-2-8-6(5-7)3-4-9-8/h1-5,11H. The Morgan fingerprint density at radius 3 is 3.00 bits per heavy atom. The van der Waals surface area contributed by atoms with Crippen LogP contribution >= 0.6 is 0 Å². The molecule has 0 fully saturated rings. The fourth-order valence-corrected chi connectivity index (χ4v) is 1.05. The van der Waals surface area contributed by atoms with Crippen LogP contribution in [0.25, 0.3) is 0 Å². The van der Waals surface area contributed by atoms with Gasteiger partial charge in [0.05, 0.1) is 5.71 Å². The first-order valence-electron chi connectivity index (χ1n) is 3.27. The van der Waals surface area contributed by atoms with E-state index in [2.05, 4.69) is 10.1 Å². The lowest BCUT2D eigenvalue weighted by atomic mass is 10.0. The lowest BCUT2D eigenvalue weighted by Gasteiger charge is -2.01. The minimum Gasteiger partial charge on any atom is -0.410 e. The third-order valence-electron chi connectivity index (χ3n) is 1.59. The predicted octanol–water partition coefficient (Wildman–Crippen LogP) is 1.28. The lowest BCUT2D eigenvalue weighted by molar-refractivity contribution is 0.320. The summed E-state index contributed by atoms with van der Waals surface area (Å²) in [6.45, 7) is 0. The van der Waals surface area contributed by atoms with E-state index in [1.54, 1.807) is 18.4 Å². The van der Waals surface area contributed by atoms with Gasteiger partial charge in [-0.05, 0) is 24.3 Å². The molecule has 0 radical (unpaired) electrons. The van der Waals surface area contributed by atoms with Crippen molar-refractivity contribution in [2.75, 3.05) is 0 Å². The van der Waals surface area contributed by atoms with Crippen molar-refractivity contribution >= 4 is 11.4 Å². The minimum absolute atomic E-state index is 0.561. The van der Waals surface area contributed by atoms with Gasteiger partial charge in [-0.3, -0.25) is 4.99 Å². The van der Waals surface area contributed by atoms with E-state index in [4.69, 9.17) is 5.21 Å². The first-order valence-corrected chi connectivity index (χ1v) is 3.27.